The average Bonchev–Trinajstić information content (AvgIpc) is 3.36. The summed E-state index contributed by atoms with van der Waals surface area (Å²) in [7, 11) is 0. The number of aryl methyl sites for hydroxylation is 2. The number of amides is 1. The number of benzene rings is 2. The molecule has 0 atom stereocenters. The van der Waals surface area contributed by atoms with Gasteiger partial charge < -0.3 is 10.1 Å². The zero-order valence-electron chi connectivity index (χ0n) is 17.6. The van der Waals surface area contributed by atoms with Crippen LogP contribution in [0.15, 0.2) is 60.0 Å². The van der Waals surface area contributed by atoms with Crippen molar-refractivity contribution in [2.24, 2.45) is 0 Å². The normalized spacial score (nSPS) is 10.9. The van der Waals surface area contributed by atoms with E-state index in [-0.39, 0.29) is 11.7 Å². The van der Waals surface area contributed by atoms with E-state index in [1.807, 2.05) is 31.4 Å². The first-order chi connectivity index (χ1) is 15.4. The van der Waals surface area contributed by atoms with E-state index < -0.39 is 0 Å². The van der Waals surface area contributed by atoms with Crippen LogP contribution in [0.4, 0.5) is 10.2 Å². The number of hydrogen-bond donors (Lipinski definition) is 1. The first-order valence-electron chi connectivity index (χ1n) is 9.94. The van der Waals surface area contributed by atoms with Gasteiger partial charge in [0.15, 0.2) is 5.82 Å². The molecule has 0 saturated carbocycles. The summed E-state index contributed by atoms with van der Waals surface area (Å²) in [5, 5.41) is 9.77. The molecule has 0 radical (unpaired) electrons. The van der Waals surface area contributed by atoms with Gasteiger partial charge in [0.1, 0.15) is 18.2 Å². The maximum atomic E-state index is 13.9. The zero-order chi connectivity index (χ0) is 22.7. The number of rotatable bonds is 7. The minimum Gasteiger partial charge on any atom is -0.489 e. The Morgan fingerprint density at radius 3 is 2.78 bits per heavy atom. The van der Waals surface area contributed by atoms with Crippen molar-refractivity contribution < 1.29 is 13.9 Å². The molecule has 4 aromatic rings. The van der Waals surface area contributed by atoms with Crippen LogP contribution in [0.2, 0.25) is 5.02 Å². The third-order valence-electron chi connectivity index (χ3n) is 4.91. The van der Waals surface area contributed by atoms with E-state index in [0.29, 0.717) is 34.4 Å². The molecule has 5 nitrogen and oxygen atoms in total. The molecule has 0 bridgehead atoms. The number of carbonyl (C=O) groups excluding carboxylic acids is 1. The van der Waals surface area contributed by atoms with Gasteiger partial charge in [0.05, 0.1) is 11.4 Å². The molecule has 1 N–H and O–H groups in total. The van der Waals surface area contributed by atoms with Gasteiger partial charge >= 0.3 is 0 Å². The molecule has 8 heteroatoms. The van der Waals surface area contributed by atoms with Crippen LogP contribution in [0.5, 0.6) is 5.75 Å². The lowest BCUT2D eigenvalue weighted by molar-refractivity contribution is 0.103. The molecule has 164 valence electrons. The van der Waals surface area contributed by atoms with Crippen LogP contribution >= 0.6 is 22.9 Å². The van der Waals surface area contributed by atoms with Crippen molar-refractivity contribution in [3.8, 4) is 5.75 Å². The molecule has 1 amide bonds. The summed E-state index contributed by atoms with van der Waals surface area (Å²) >= 11 is 7.31. The molecule has 32 heavy (non-hydrogen) atoms. The lowest BCUT2D eigenvalue weighted by Crippen LogP contribution is -2.12. The number of anilines is 1. The Morgan fingerprint density at radius 1 is 1.19 bits per heavy atom. The number of nitrogens with zero attached hydrogens (tertiary/aromatic N) is 2. The maximum absolute atomic E-state index is 13.9. The number of halogens is 2. The third kappa shape index (κ3) is 5.18. The molecule has 0 aliphatic heterocycles. The fourth-order valence-electron chi connectivity index (χ4n) is 3.20. The number of hydrogen-bond acceptors (Lipinski definition) is 4. The Balaban J connectivity index is 1.38. The molecule has 2 heterocycles. The Kier molecular flexibility index (Phi) is 6.58. The van der Waals surface area contributed by atoms with Crippen molar-refractivity contribution in [1.82, 2.24) is 9.78 Å². The fourth-order valence-corrected chi connectivity index (χ4v) is 4.22. The summed E-state index contributed by atoms with van der Waals surface area (Å²) < 4.78 is 21.4. The molecule has 0 unspecified atom stereocenters. The highest BCUT2D eigenvalue weighted by Crippen LogP contribution is 2.24. The van der Waals surface area contributed by atoms with Crippen molar-refractivity contribution in [3.05, 3.63) is 98.1 Å². The highest BCUT2D eigenvalue weighted by Gasteiger charge is 2.14. The molecule has 4 rings (SSSR count). The van der Waals surface area contributed by atoms with Crippen LogP contribution in [0.1, 0.15) is 32.1 Å². The van der Waals surface area contributed by atoms with Crippen molar-refractivity contribution in [2.75, 3.05) is 5.32 Å². The van der Waals surface area contributed by atoms with Crippen molar-refractivity contribution in [1.29, 1.82) is 0 Å². The predicted octanol–water partition coefficient (Wildman–Crippen LogP) is 6.23. The molecular weight excluding hydrogens is 449 g/mol. The number of aromatic nitrogens is 2. The Bertz CT molecular complexity index is 1270. The lowest BCUT2D eigenvalue weighted by Gasteiger charge is -2.08. The van der Waals surface area contributed by atoms with Gasteiger partial charge in [-0.25, -0.2) is 4.39 Å². The average molecular weight is 470 g/mol. The number of thiophene rings is 1. The molecule has 0 aliphatic rings. The van der Waals surface area contributed by atoms with Crippen LogP contribution in [0, 0.1) is 19.7 Å². The molecule has 2 aromatic carbocycles. The topological polar surface area (TPSA) is 56.1 Å². The van der Waals surface area contributed by atoms with Crippen molar-refractivity contribution >= 4 is 34.7 Å². The molecule has 0 fully saturated rings. The molecule has 0 spiro atoms. The quantitative estimate of drug-likeness (QED) is 0.349. The van der Waals surface area contributed by atoms with E-state index in [1.54, 1.807) is 41.1 Å². The van der Waals surface area contributed by atoms with Gasteiger partial charge in [-0.1, -0.05) is 29.8 Å². The van der Waals surface area contributed by atoms with E-state index in [1.165, 1.54) is 17.4 Å². The van der Waals surface area contributed by atoms with Crippen molar-refractivity contribution in [2.45, 2.75) is 27.0 Å². The first-order valence-corrected chi connectivity index (χ1v) is 11.2. The van der Waals surface area contributed by atoms with E-state index in [2.05, 4.69) is 10.4 Å². The number of nitrogens with one attached hydrogen (secondary N) is 1. The summed E-state index contributed by atoms with van der Waals surface area (Å²) in [6.07, 6.45) is 0. The van der Waals surface area contributed by atoms with Crippen LogP contribution in [-0.2, 0) is 13.2 Å². The Hall–Kier alpha value is -3.16. The number of carbonyl (C=O) groups is 1. The second kappa shape index (κ2) is 9.54. The fraction of sp³-hybridized carbons (Fsp3) is 0.167. The van der Waals surface area contributed by atoms with Crippen LogP contribution in [0.25, 0.3) is 0 Å². The summed E-state index contributed by atoms with van der Waals surface area (Å²) in [5.74, 6) is 0.642. The van der Waals surface area contributed by atoms with Gasteiger partial charge in [-0.15, -0.1) is 11.3 Å². The largest absolute Gasteiger partial charge is 0.489 e. The molecule has 0 aliphatic carbocycles. The van der Waals surface area contributed by atoms with Crippen LogP contribution in [0.3, 0.4) is 0 Å². The predicted molar refractivity (Wildman–Crippen MR) is 125 cm³/mol. The van der Waals surface area contributed by atoms with E-state index in [4.69, 9.17) is 16.3 Å². The smallest absolute Gasteiger partial charge is 0.266 e. The molecule has 2 aromatic heterocycles. The van der Waals surface area contributed by atoms with E-state index >= 15 is 0 Å². The van der Waals surface area contributed by atoms with Gasteiger partial charge in [0, 0.05) is 27.9 Å². The van der Waals surface area contributed by atoms with Crippen LogP contribution < -0.4 is 10.1 Å². The molecule has 0 saturated heterocycles. The SMILES string of the molecule is Cc1cc(Cl)ccc1OCc1csc(C(=O)Nc2cc(C)n(Cc3ccccc3F)n2)c1. The van der Waals surface area contributed by atoms with E-state index in [9.17, 15) is 9.18 Å². The third-order valence-corrected chi connectivity index (χ3v) is 6.12. The summed E-state index contributed by atoms with van der Waals surface area (Å²) in [5.41, 5.74) is 3.21. The van der Waals surface area contributed by atoms with Gasteiger partial charge in [0.2, 0.25) is 0 Å². The van der Waals surface area contributed by atoms with E-state index in [0.717, 1.165) is 22.6 Å². The summed E-state index contributed by atoms with van der Waals surface area (Å²) in [6, 6.07) is 15.6. The first kappa shape index (κ1) is 22.0. The zero-order valence-corrected chi connectivity index (χ0v) is 19.1. The second-order valence-corrected chi connectivity index (χ2v) is 8.74. The maximum Gasteiger partial charge on any atom is 0.266 e. The minimum absolute atomic E-state index is 0.250. The Labute approximate surface area is 194 Å². The number of ether oxygens (including phenoxy) is 1. The lowest BCUT2D eigenvalue weighted by atomic mass is 10.2. The summed E-state index contributed by atoms with van der Waals surface area (Å²) in [4.78, 5) is 13.2. The van der Waals surface area contributed by atoms with Crippen LogP contribution in [-0.4, -0.2) is 15.7 Å². The summed E-state index contributed by atoms with van der Waals surface area (Å²) in [6.45, 7) is 4.44. The van der Waals surface area contributed by atoms with Gasteiger partial charge in [-0.3, -0.25) is 9.48 Å². The second-order valence-electron chi connectivity index (χ2n) is 7.39. The highest BCUT2D eigenvalue weighted by atomic mass is 35.5. The molecular formula is C24H21ClFN3O2S. The van der Waals surface area contributed by atoms with Crippen molar-refractivity contribution in [3.63, 3.8) is 0 Å². The minimum atomic E-state index is -0.282. The highest BCUT2D eigenvalue weighted by molar-refractivity contribution is 7.12. The Morgan fingerprint density at radius 2 is 2.00 bits per heavy atom. The van der Waals surface area contributed by atoms with Gasteiger partial charge in [0.25, 0.3) is 5.91 Å². The monoisotopic (exact) mass is 469 g/mol. The van der Waals surface area contributed by atoms with Gasteiger partial charge in [-0.2, -0.15) is 5.10 Å². The standard InChI is InChI=1S/C24H21ClFN3O2S/c1-15-9-19(25)7-8-21(15)31-13-17-11-22(32-14-17)24(30)27-23-10-16(2)29(28-23)12-18-5-3-4-6-20(18)26/h3-11,14H,12-13H2,1-2H3,(H,27,28,30). The van der Waals surface area contributed by atoms with Gasteiger partial charge in [-0.05, 0) is 55.1 Å².